The van der Waals surface area contributed by atoms with Crippen molar-refractivity contribution in [2.75, 3.05) is 0 Å². The number of ketones is 1. The second kappa shape index (κ2) is 8.82. The summed E-state index contributed by atoms with van der Waals surface area (Å²) in [7, 11) is -7.43. The Morgan fingerprint density at radius 2 is 1.03 bits per heavy atom. The molecule has 0 fully saturated rings. The van der Waals surface area contributed by atoms with Crippen LogP contribution in [0.2, 0.25) is 0 Å². The molecule has 0 radical (unpaired) electrons. The number of carboxylic acids is 1. The second-order valence-corrected chi connectivity index (χ2v) is 10.1. The zero-order valence-electron chi connectivity index (χ0n) is 16.0. The molecule has 0 aromatic heterocycles. The van der Waals surface area contributed by atoms with E-state index in [-0.39, 0.29) is 21.1 Å². The van der Waals surface area contributed by atoms with Crippen LogP contribution in [-0.4, -0.2) is 33.7 Å². The first-order valence-corrected chi connectivity index (χ1v) is 11.2. The van der Waals surface area contributed by atoms with Crippen molar-refractivity contribution in [1.29, 1.82) is 0 Å². The van der Waals surface area contributed by atoms with Crippen LogP contribution < -0.4 is 10.3 Å². The lowest BCUT2D eigenvalue weighted by atomic mass is 9.87. The lowest BCUT2D eigenvalue weighted by molar-refractivity contribution is 0.0696. The van der Waals surface area contributed by atoms with Crippen molar-refractivity contribution in [1.82, 2.24) is 0 Å². The molecule has 0 saturated carbocycles. The Morgan fingerprint density at radius 1 is 0.724 bits per heavy atom. The largest absolute Gasteiger partial charge is 0.478 e. The van der Waals surface area contributed by atoms with Gasteiger partial charge in [0.25, 0.3) is 0 Å². The molecule has 9 nitrogen and oxygen atoms in total. The molecule has 11 heteroatoms. The number of carbonyl (C=O) groups excluding carboxylic acids is 1. The van der Waals surface area contributed by atoms with Crippen molar-refractivity contribution in [2.24, 2.45) is 15.7 Å². The summed E-state index contributed by atoms with van der Waals surface area (Å²) >= 11 is 0. The molecule has 0 aliphatic carbocycles. The minimum absolute atomic E-state index is 0.0120. The van der Waals surface area contributed by atoms with Gasteiger partial charge in [0, 0.05) is 11.0 Å². The van der Waals surface area contributed by atoms with Crippen LogP contribution in [0.15, 0.2) is 58.3 Å². The highest BCUT2D eigenvalue weighted by molar-refractivity contribution is 7.89. The Hall–Kier alpha value is -2.60. The lowest BCUT2D eigenvalue weighted by Crippen LogP contribution is -2.20. The Morgan fingerprint density at radius 3 is 1.28 bits per heavy atom. The van der Waals surface area contributed by atoms with E-state index in [2.05, 4.69) is 0 Å². The number of primary sulfonamides is 2. The predicted octanol–water partition coefficient (Wildman–Crippen LogP) is 1.60. The molecule has 0 saturated heterocycles. The molecule has 0 unspecified atom stereocenters. The van der Waals surface area contributed by atoms with Gasteiger partial charge < -0.3 is 5.11 Å². The van der Waals surface area contributed by atoms with Crippen LogP contribution in [0.3, 0.4) is 0 Å². The van der Waals surface area contributed by atoms with E-state index in [1.165, 1.54) is 36.4 Å². The fourth-order valence-corrected chi connectivity index (χ4v) is 3.05. The number of sulfonamides is 2. The van der Waals surface area contributed by atoms with Gasteiger partial charge in [0.1, 0.15) is 0 Å². The second-order valence-electron chi connectivity index (χ2n) is 7.02. The summed E-state index contributed by atoms with van der Waals surface area (Å²) in [6, 6.07) is 10.3. The molecular weight excluding hydrogens is 420 g/mol. The third-order valence-corrected chi connectivity index (χ3v) is 5.41. The van der Waals surface area contributed by atoms with Crippen molar-refractivity contribution >= 4 is 31.8 Å². The van der Waals surface area contributed by atoms with Gasteiger partial charge >= 0.3 is 5.97 Å². The van der Waals surface area contributed by atoms with E-state index in [9.17, 15) is 26.4 Å². The van der Waals surface area contributed by atoms with Crippen molar-refractivity contribution in [3.63, 3.8) is 0 Å². The van der Waals surface area contributed by atoms with Gasteiger partial charge in [-0.15, -0.1) is 0 Å². The van der Waals surface area contributed by atoms with E-state index in [0.717, 1.165) is 12.1 Å². The number of Topliss-reactive ketones (excluding diaryl/α,β-unsaturated/α-hetero) is 1. The van der Waals surface area contributed by atoms with Gasteiger partial charge in [-0.25, -0.2) is 31.9 Å². The van der Waals surface area contributed by atoms with E-state index in [1.54, 1.807) is 0 Å². The molecule has 0 spiro atoms. The molecular formula is C18H22N2O7S2. The van der Waals surface area contributed by atoms with Crippen LogP contribution in [0.25, 0.3) is 0 Å². The minimum atomic E-state index is -3.74. The predicted molar refractivity (Wildman–Crippen MR) is 106 cm³/mol. The summed E-state index contributed by atoms with van der Waals surface area (Å²) in [6.07, 6.45) is 0. The maximum atomic E-state index is 11.8. The van der Waals surface area contributed by atoms with Crippen LogP contribution in [0.1, 0.15) is 41.5 Å². The fraction of sp³-hybridized carbons (Fsp3) is 0.222. The molecule has 0 heterocycles. The van der Waals surface area contributed by atoms with E-state index < -0.39 is 31.4 Å². The molecule has 2 aromatic rings. The molecule has 2 aromatic carbocycles. The average Bonchev–Trinajstić information content (AvgIpc) is 2.59. The molecule has 0 amide bonds. The van der Waals surface area contributed by atoms with Crippen LogP contribution in [0, 0.1) is 5.41 Å². The molecule has 2 rings (SSSR count). The quantitative estimate of drug-likeness (QED) is 0.602. The molecule has 5 N–H and O–H groups in total. The number of carboxylic acid groups (broad SMARTS) is 1. The summed E-state index contributed by atoms with van der Waals surface area (Å²) in [5.41, 5.74) is 0.0237. The number of hydrogen-bond acceptors (Lipinski definition) is 6. The van der Waals surface area contributed by atoms with Crippen LogP contribution in [0.4, 0.5) is 0 Å². The first kappa shape index (κ1) is 24.4. The van der Waals surface area contributed by atoms with Crippen molar-refractivity contribution in [3.8, 4) is 0 Å². The average molecular weight is 443 g/mol. The summed E-state index contributed by atoms with van der Waals surface area (Å²) < 4.78 is 43.5. The van der Waals surface area contributed by atoms with E-state index in [0.29, 0.717) is 5.56 Å². The Labute approximate surface area is 169 Å². The molecule has 158 valence electrons. The van der Waals surface area contributed by atoms with E-state index >= 15 is 0 Å². The number of benzene rings is 2. The van der Waals surface area contributed by atoms with Crippen molar-refractivity contribution < 1.29 is 31.5 Å². The third kappa shape index (κ3) is 7.38. The number of nitrogens with two attached hydrogens (primary N) is 2. The monoisotopic (exact) mass is 442 g/mol. The summed E-state index contributed by atoms with van der Waals surface area (Å²) in [5.74, 6) is -1.14. The number of carbonyl (C=O) groups is 2. The van der Waals surface area contributed by atoms with Gasteiger partial charge in [0.15, 0.2) is 5.78 Å². The zero-order valence-corrected chi connectivity index (χ0v) is 17.6. The number of rotatable bonds is 4. The van der Waals surface area contributed by atoms with Gasteiger partial charge in [-0.3, -0.25) is 4.79 Å². The summed E-state index contributed by atoms with van der Waals surface area (Å²) in [6.45, 7) is 5.43. The fourth-order valence-electron chi connectivity index (χ4n) is 2.02. The SMILES string of the molecule is CC(C)(C)C(=O)c1ccc(S(N)(=O)=O)cc1.NS(=O)(=O)c1ccc(C(=O)O)cc1. The van der Waals surface area contributed by atoms with Gasteiger partial charge in [-0.05, 0) is 36.4 Å². The van der Waals surface area contributed by atoms with Crippen molar-refractivity contribution in [3.05, 3.63) is 59.7 Å². The highest BCUT2D eigenvalue weighted by Gasteiger charge is 2.23. The Balaban J connectivity index is 0.000000296. The standard InChI is InChI=1S/C11H15NO3S.C7H7NO4S/c1-11(2,3)10(13)8-4-6-9(7-5-8)16(12,14)15;8-13(11,12)6-3-1-5(2-4-6)7(9)10/h4-7H,1-3H3,(H2,12,14,15);1-4H,(H,9,10)(H2,8,11,12). The van der Waals surface area contributed by atoms with Gasteiger partial charge in [-0.2, -0.15) is 0 Å². The summed E-state index contributed by atoms with van der Waals surface area (Å²) in [4.78, 5) is 22.1. The smallest absolute Gasteiger partial charge is 0.335 e. The minimum Gasteiger partial charge on any atom is -0.478 e. The first-order valence-electron chi connectivity index (χ1n) is 8.07. The van der Waals surface area contributed by atoms with E-state index in [4.69, 9.17) is 15.4 Å². The number of aromatic carboxylic acids is 1. The zero-order chi connectivity index (χ0) is 22.6. The lowest BCUT2D eigenvalue weighted by Gasteiger charge is -2.16. The molecule has 0 aliphatic heterocycles. The van der Waals surface area contributed by atoms with Crippen molar-refractivity contribution in [2.45, 2.75) is 30.6 Å². The molecule has 0 aliphatic rings. The maximum absolute atomic E-state index is 11.8. The third-order valence-electron chi connectivity index (χ3n) is 3.56. The normalized spacial score (nSPS) is 11.9. The van der Waals surface area contributed by atoms with Crippen LogP contribution >= 0.6 is 0 Å². The topological polar surface area (TPSA) is 175 Å². The van der Waals surface area contributed by atoms with E-state index in [1.807, 2.05) is 20.8 Å². The Kier molecular flexibility index (Phi) is 7.43. The molecule has 29 heavy (non-hydrogen) atoms. The highest BCUT2D eigenvalue weighted by Crippen LogP contribution is 2.21. The highest BCUT2D eigenvalue weighted by atomic mass is 32.2. The van der Waals surface area contributed by atoms with Crippen LogP contribution in [0.5, 0.6) is 0 Å². The molecule has 0 bridgehead atoms. The van der Waals surface area contributed by atoms with Gasteiger partial charge in [0.2, 0.25) is 20.0 Å². The number of hydrogen-bond donors (Lipinski definition) is 3. The van der Waals surface area contributed by atoms with Gasteiger partial charge in [0.05, 0.1) is 15.4 Å². The van der Waals surface area contributed by atoms with Gasteiger partial charge in [-0.1, -0.05) is 32.9 Å². The first-order chi connectivity index (χ1) is 13.0. The Bertz CT molecular complexity index is 1100. The van der Waals surface area contributed by atoms with Crippen LogP contribution in [-0.2, 0) is 20.0 Å². The summed E-state index contributed by atoms with van der Waals surface area (Å²) in [5, 5.41) is 18.3. The maximum Gasteiger partial charge on any atom is 0.335 e. The molecule has 0 atom stereocenters.